The lowest BCUT2D eigenvalue weighted by atomic mass is 10.1. The summed E-state index contributed by atoms with van der Waals surface area (Å²) >= 11 is 0. The first-order valence-corrected chi connectivity index (χ1v) is 7.89. The molecule has 1 heterocycles. The highest BCUT2D eigenvalue weighted by Crippen LogP contribution is 2.20. The van der Waals surface area contributed by atoms with Crippen LogP contribution in [0.25, 0.3) is 11.3 Å². The van der Waals surface area contributed by atoms with E-state index in [2.05, 4.69) is 22.4 Å². The number of aromatic nitrogens is 1. The van der Waals surface area contributed by atoms with Crippen molar-refractivity contribution in [2.24, 2.45) is 0 Å². The minimum Gasteiger partial charge on any atom is -0.384 e. The topological polar surface area (TPSA) is 50.9 Å². The zero-order chi connectivity index (χ0) is 16.9. The smallest absolute Gasteiger partial charge is 0.124 e. The molecule has 3 aromatic rings. The third-order valence-corrected chi connectivity index (χ3v) is 3.79. The van der Waals surface area contributed by atoms with E-state index in [0.29, 0.717) is 12.4 Å². The van der Waals surface area contributed by atoms with Gasteiger partial charge in [-0.3, -0.25) is 0 Å². The number of hydrogen-bond acceptors (Lipinski definition) is 3. The van der Waals surface area contributed by atoms with Crippen molar-refractivity contribution in [1.82, 2.24) is 10.3 Å². The third kappa shape index (κ3) is 4.18. The van der Waals surface area contributed by atoms with E-state index >= 15 is 0 Å². The van der Waals surface area contributed by atoms with E-state index < -0.39 is 0 Å². The average molecular weight is 321 g/mol. The van der Waals surface area contributed by atoms with E-state index in [4.69, 9.17) is 5.73 Å². The molecule has 24 heavy (non-hydrogen) atoms. The van der Waals surface area contributed by atoms with Crippen LogP contribution in [-0.2, 0) is 13.1 Å². The normalized spacial score (nSPS) is 10.8. The van der Waals surface area contributed by atoms with Gasteiger partial charge in [-0.25, -0.2) is 9.37 Å². The molecule has 0 aliphatic heterocycles. The summed E-state index contributed by atoms with van der Waals surface area (Å²) in [6.45, 7) is 3.36. The molecule has 0 aliphatic rings. The van der Waals surface area contributed by atoms with Crippen LogP contribution in [0.4, 0.5) is 10.2 Å². The first kappa shape index (κ1) is 16.1. The first-order chi connectivity index (χ1) is 11.6. The van der Waals surface area contributed by atoms with E-state index in [1.165, 1.54) is 6.07 Å². The van der Waals surface area contributed by atoms with Crippen molar-refractivity contribution in [1.29, 1.82) is 0 Å². The molecule has 0 radical (unpaired) electrons. The zero-order valence-electron chi connectivity index (χ0n) is 13.6. The molecule has 1 aromatic heterocycles. The van der Waals surface area contributed by atoms with Gasteiger partial charge in [0.05, 0.1) is 5.69 Å². The molecule has 2 aromatic carbocycles. The summed E-state index contributed by atoms with van der Waals surface area (Å²) in [6, 6.07) is 18.7. The number of hydrogen-bond donors (Lipinski definition) is 2. The van der Waals surface area contributed by atoms with Crippen LogP contribution in [-0.4, -0.2) is 4.98 Å². The number of nitrogens with zero attached hydrogens (tertiary/aromatic N) is 1. The Hall–Kier alpha value is -2.72. The standard InChI is InChI=1S/C20H20FN3/c1-14-9-19(24-20(22)10-14)17-7-5-15(6-8-17)12-23-13-16-3-2-4-18(21)11-16/h2-11,23H,12-13H2,1H3,(H2,22,24). The molecule has 0 spiro atoms. The summed E-state index contributed by atoms with van der Waals surface area (Å²) < 4.78 is 13.1. The maximum Gasteiger partial charge on any atom is 0.124 e. The highest BCUT2D eigenvalue weighted by atomic mass is 19.1. The Morgan fingerprint density at radius 2 is 1.71 bits per heavy atom. The third-order valence-electron chi connectivity index (χ3n) is 3.79. The molecule has 0 bridgehead atoms. The van der Waals surface area contributed by atoms with E-state index in [9.17, 15) is 4.39 Å². The number of anilines is 1. The Labute approximate surface area is 141 Å². The van der Waals surface area contributed by atoms with Crippen LogP contribution < -0.4 is 11.1 Å². The molecule has 0 atom stereocenters. The molecule has 4 heteroatoms. The Balaban J connectivity index is 1.62. The lowest BCUT2D eigenvalue weighted by Crippen LogP contribution is -2.12. The monoisotopic (exact) mass is 321 g/mol. The van der Waals surface area contributed by atoms with Crippen LogP contribution in [0.15, 0.2) is 60.7 Å². The second-order valence-electron chi connectivity index (χ2n) is 5.88. The molecule has 0 saturated carbocycles. The molecule has 3 rings (SSSR count). The zero-order valence-corrected chi connectivity index (χ0v) is 13.6. The van der Waals surface area contributed by atoms with Crippen molar-refractivity contribution in [3.63, 3.8) is 0 Å². The van der Waals surface area contributed by atoms with Crippen LogP contribution in [0.2, 0.25) is 0 Å². The molecule has 3 N–H and O–H groups in total. The quantitative estimate of drug-likeness (QED) is 0.745. The Morgan fingerprint density at radius 3 is 2.42 bits per heavy atom. The van der Waals surface area contributed by atoms with Gasteiger partial charge >= 0.3 is 0 Å². The van der Waals surface area contributed by atoms with Crippen molar-refractivity contribution in [3.05, 3.63) is 83.2 Å². The van der Waals surface area contributed by atoms with Gasteiger partial charge in [-0.1, -0.05) is 36.4 Å². The van der Waals surface area contributed by atoms with Gasteiger partial charge in [-0.15, -0.1) is 0 Å². The SMILES string of the molecule is Cc1cc(N)nc(-c2ccc(CNCc3cccc(F)c3)cc2)c1. The Bertz CT molecular complexity index is 808. The Kier molecular flexibility index (Phi) is 4.87. The number of nitrogen functional groups attached to an aromatic ring is 1. The van der Waals surface area contributed by atoms with Crippen LogP contribution in [0.3, 0.4) is 0 Å². The van der Waals surface area contributed by atoms with Crippen molar-refractivity contribution in [3.8, 4) is 11.3 Å². The van der Waals surface area contributed by atoms with Gasteiger partial charge in [0.15, 0.2) is 0 Å². The maximum absolute atomic E-state index is 13.1. The molecule has 3 nitrogen and oxygen atoms in total. The second kappa shape index (κ2) is 7.23. The number of nitrogens with two attached hydrogens (primary N) is 1. The van der Waals surface area contributed by atoms with Gasteiger partial charge < -0.3 is 11.1 Å². The van der Waals surface area contributed by atoms with Crippen molar-refractivity contribution < 1.29 is 4.39 Å². The molecule has 122 valence electrons. The minimum absolute atomic E-state index is 0.205. The van der Waals surface area contributed by atoms with E-state index in [1.807, 2.05) is 37.3 Å². The molecule has 0 amide bonds. The van der Waals surface area contributed by atoms with Crippen LogP contribution in [0.5, 0.6) is 0 Å². The Morgan fingerprint density at radius 1 is 0.958 bits per heavy atom. The molecule has 0 saturated heterocycles. The largest absolute Gasteiger partial charge is 0.384 e. The first-order valence-electron chi connectivity index (χ1n) is 7.89. The predicted molar refractivity (Wildman–Crippen MR) is 95.8 cm³/mol. The van der Waals surface area contributed by atoms with Crippen molar-refractivity contribution in [2.45, 2.75) is 20.0 Å². The van der Waals surface area contributed by atoms with Crippen LogP contribution >= 0.6 is 0 Å². The molecule has 0 unspecified atom stereocenters. The number of halogens is 1. The maximum atomic E-state index is 13.1. The number of nitrogens with one attached hydrogen (secondary N) is 1. The summed E-state index contributed by atoms with van der Waals surface area (Å²) in [5, 5.41) is 3.32. The van der Waals surface area contributed by atoms with Crippen molar-refractivity contribution in [2.75, 3.05) is 5.73 Å². The fraction of sp³-hybridized carbons (Fsp3) is 0.150. The molecule has 0 aliphatic carbocycles. The lowest BCUT2D eigenvalue weighted by Gasteiger charge is -2.08. The highest BCUT2D eigenvalue weighted by Gasteiger charge is 2.02. The van der Waals surface area contributed by atoms with E-state index in [-0.39, 0.29) is 5.82 Å². The summed E-state index contributed by atoms with van der Waals surface area (Å²) in [4.78, 5) is 4.37. The lowest BCUT2D eigenvalue weighted by molar-refractivity contribution is 0.620. The van der Waals surface area contributed by atoms with Gasteiger partial charge in [0, 0.05) is 18.7 Å². The minimum atomic E-state index is -0.205. The number of rotatable bonds is 5. The summed E-state index contributed by atoms with van der Waals surface area (Å²) in [5.74, 6) is 0.328. The number of benzene rings is 2. The van der Waals surface area contributed by atoms with Gasteiger partial charge in [0.25, 0.3) is 0 Å². The average Bonchev–Trinajstić information content (AvgIpc) is 2.55. The molecular formula is C20H20FN3. The number of aryl methyl sites for hydroxylation is 1. The van der Waals surface area contributed by atoms with Gasteiger partial charge in [-0.2, -0.15) is 0 Å². The van der Waals surface area contributed by atoms with E-state index in [0.717, 1.165) is 34.5 Å². The predicted octanol–water partition coefficient (Wildman–Crippen LogP) is 4.07. The van der Waals surface area contributed by atoms with Crippen LogP contribution in [0.1, 0.15) is 16.7 Å². The summed E-state index contributed by atoms with van der Waals surface area (Å²) in [6.07, 6.45) is 0. The molecule has 0 fully saturated rings. The fourth-order valence-electron chi connectivity index (χ4n) is 2.63. The number of pyridine rings is 1. The fourth-order valence-corrected chi connectivity index (χ4v) is 2.63. The van der Waals surface area contributed by atoms with Gasteiger partial charge in [0.1, 0.15) is 11.6 Å². The molecular weight excluding hydrogens is 301 g/mol. The highest BCUT2D eigenvalue weighted by molar-refractivity contribution is 5.62. The van der Waals surface area contributed by atoms with Crippen LogP contribution in [0, 0.1) is 12.7 Å². The van der Waals surface area contributed by atoms with E-state index in [1.54, 1.807) is 12.1 Å². The summed E-state index contributed by atoms with van der Waals surface area (Å²) in [5.41, 5.74) is 10.9. The second-order valence-corrected chi connectivity index (χ2v) is 5.88. The van der Waals surface area contributed by atoms with Gasteiger partial charge in [0.2, 0.25) is 0 Å². The van der Waals surface area contributed by atoms with Gasteiger partial charge in [-0.05, 0) is 47.9 Å². The van der Waals surface area contributed by atoms with Crippen molar-refractivity contribution >= 4 is 5.82 Å². The summed E-state index contributed by atoms with van der Waals surface area (Å²) in [7, 11) is 0.